The molecule has 0 spiro atoms. The third-order valence-corrected chi connectivity index (χ3v) is 3.73. The molecule has 1 aliphatic heterocycles. The molecular formula is C16H19ClFN3O4. The number of rotatable bonds is 2. The first kappa shape index (κ1) is 19.0. The highest BCUT2D eigenvalue weighted by atomic mass is 35.5. The van der Waals surface area contributed by atoms with Crippen LogP contribution in [0.1, 0.15) is 20.8 Å². The van der Waals surface area contributed by atoms with E-state index in [1.165, 1.54) is 24.1 Å². The fraction of sp³-hybridized carbons (Fsp3) is 0.438. The van der Waals surface area contributed by atoms with Crippen molar-refractivity contribution in [2.24, 2.45) is 0 Å². The molecule has 0 unspecified atom stereocenters. The largest absolute Gasteiger partial charge is 0.443 e. The topological polar surface area (TPSA) is 79.0 Å². The Balaban J connectivity index is 2.09. The van der Waals surface area contributed by atoms with Gasteiger partial charge in [0.15, 0.2) is 0 Å². The lowest BCUT2D eigenvalue weighted by Crippen LogP contribution is -2.44. The van der Waals surface area contributed by atoms with Crippen LogP contribution in [-0.2, 0) is 9.53 Å². The lowest BCUT2D eigenvalue weighted by Gasteiger charge is -2.23. The maximum atomic E-state index is 13.2. The number of carbonyl (C=O) groups excluding carboxylic acids is 3. The van der Waals surface area contributed by atoms with Crippen LogP contribution in [0.15, 0.2) is 18.2 Å². The Morgan fingerprint density at radius 2 is 2.04 bits per heavy atom. The Labute approximate surface area is 149 Å². The highest BCUT2D eigenvalue weighted by Gasteiger charge is 2.40. The summed E-state index contributed by atoms with van der Waals surface area (Å²) < 4.78 is 18.4. The molecule has 1 fully saturated rings. The van der Waals surface area contributed by atoms with Crippen molar-refractivity contribution >= 4 is 35.3 Å². The summed E-state index contributed by atoms with van der Waals surface area (Å²) in [6.07, 6.45) is -0.826. The summed E-state index contributed by atoms with van der Waals surface area (Å²) in [5, 5.41) is 2.31. The van der Waals surface area contributed by atoms with Gasteiger partial charge in [0.05, 0.1) is 11.6 Å². The Hall–Kier alpha value is -2.35. The summed E-state index contributed by atoms with van der Waals surface area (Å²) in [6.45, 7) is 4.86. The average Bonchev–Trinajstić information content (AvgIpc) is 2.89. The number of amides is 4. The van der Waals surface area contributed by atoms with Gasteiger partial charge in [-0.25, -0.2) is 18.9 Å². The molecule has 1 aliphatic rings. The van der Waals surface area contributed by atoms with Crippen LogP contribution in [0, 0.1) is 5.82 Å². The first-order valence-electron chi connectivity index (χ1n) is 7.53. The third kappa shape index (κ3) is 4.39. The fourth-order valence-corrected chi connectivity index (χ4v) is 2.38. The van der Waals surface area contributed by atoms with Crippen molar-refractivity contribution in [2.75, 3.05) is 18.5 Å². The number of nitrogens with one attached hydrogen (secondary N) is 1. The minimum Gasteiger partial charge on any atom is -0.443 e. The van der Waals surface area contributed by atoms with Gasteiger partial charge in [-0.1, -0.05) is 11.6 Å². The van der Waals surface area contributed by atoms with Gasteiger partial charge in [0.2, 0.25) is 0 Å². The predicted octanol–water partition coefficient (Wildman–Crippen LogP) is 2.77. The summed E-state index contributed by atoms with van der Waals surface area (Å²) >= 11 is 5.72. The van der Waals surface area contributed by atoms with Crippen molar-refractivity contribution in [2.45, 2.75) is 32.4 Å². The van der Waals surface area contributed by atoms with Crippen LogP contribution >= 0.6 is 11.6 Å². The van der Waals surface area contributed by atoms with E-state index in [1.54, 1.807) is 20.8 Å². The van der Waals surface area contributed by atoms with Gasteiger partial charge in [-0.3, -0.25) is 4.79 Å². The second-order valence-electron chi connectivity index (χ2n) is 6.59. The van der Waals surface area contributed by atoms with Crippen molar-refractivity contribution in [1.29, 1.82) is 0 Å². The van der Waals surface area contributed by atoms with Gasteiger partial charge in [-0.15, -0.1) is 0 Å². The molecule has 1 N–H and O–H groups in total. The smallest absolute Gasteiger partial charge is 0.418 e. The molecular weight excluding hydrogens is 353 g/mol. The summed E-state index contributed by atoms with van der Waals surface area (Å²) in [5.41, 5.74) is -0.400. The first-order valence-corrected chi connectivity index (χ1v) is 7.91. The minimum atomic E-state index is -0.936. The molecule has 1 aromatic rings. The van der Waals surface area contributed by atoms with E-state index in [-0.39, 0.29) is 11.6 Å². The van der Waals surface area contributed by atoms with E-state index in [9.17, 15) is 18.8 Å². The lowest BCUT2D eigenvalue weighted by atomic mass is 10.2. The standard InChI is InChI=1S/C16H19ClFN3O4/c1-16(2,3)25-15(24)21-8-12(19-14(21)23)13(22)20(4)9-5-6-11(18)10(17)7-9/h5-7,12H,8H2,1-4H3,(H,19,23)/t12-/m0/s1. The van der Waals surface area contributed by atoms with Crippen LogP contribution < -0.4 is 10.2 Å². The number of likely N-dealkylation sites (N-methyl/N-ethyl adjacent to an activating group) is 1. The van der Waals surface area contributed by atoms with E-state index in [4.69, 9.17) is 16.3 Å². The van der Waals surface area contributed by atoms with Gasteiger partial charge >= 0.3 is 12.1 Å². The Morgan fingerprint density at radius 1 is 1.40 bits per heavy atom. The monoisotopic (exact) mass is 371 g/mol. The maximum Gasteiger partial charge on any atom is 0.418 e. The average molecular weight is 372 g/mol. The number of halogens is 2. The second kappa shape index (κ2) is 6.87. The van der Waals surface area contributed by atoms with Gasteiger partial charge in [0.1, 0.15) is 17.5 Å². The molecule has 25 heavy (non-hydrogen) atoms. The zero-order chi connectivity index (χ0) is 18.9. The number of hydrogen-bond donors (Lipinski definition) is 1. The molecule has 2 rings (SSSR count). The maximum absolute atomic E-state index is 13.2. The van der Waals surface area contributed by atoms with E-state index in [2.05, 4.69) is 5.32 Å². The molecule has 9 heteroatoms. The van der Waals surface area contributed by atoms with Crippen LogP contribution in [0.5, 0.6) is 0 Å². The first-order chi connectivity index (χ1) is 11.5. The highest BCUT2D eigenvalue weighted by Crippen LogP contribution is 2.23. The van der Waals surface area contributed by atoms with E-state index >= 15 is 0 Å². The van der Waals surface area contributed by atoms with Crippen LogP contribution in [0.4, 0.5) is 19.7 Å². The Morgan fingerprint density at radius 3 is 2.60 bits per heavy atom. The number of hydrogen-bond acceptors (Lipinski definition) is 4. The van der Waals surface area contributed by atoms with E-state index in [0.29, 0.717) is 5.69 Å². The van der Waals surface area contributed by atoms with Crippen LogP contribution in [0.25, 0.3) is 0 Å². The Kier molecular flexibility index (Phi) is 5.22. The summed E-state index contributed by atoms with van der Waals surface area (Å²) in [4.78, 5) is 38.6. The van der Waals surface area contributed by atoms with Gasteiger partial charge in [-0.2, -0.15) is 0 Å². The quantitative estimate of drug-likeness (QED) is 0.867. The molecule has 0 aromatic heterocycles. The predicted molar refractivity (Wildman–Crippen MR) is 90.1 cm³/mol. The van der Waals surface area contributed by atoms with E-state index < -0.39 is 35.5 Å². The normalized spacial score (nSPS) is 17.3. The molecule has 1 aromatic carbocycles. The van der Waals surface area contributed by atoms with Gasteiger partial charge in [0.25, 0.3) is 5.91 Å². The van der Waals surface area contributed by atoms with Gasteiger partial charge in [-0.05, 0) is 39.0 Å². The van der Waals surface area contributed by atoms with E-state index in [1.807, 2.05) is 0 Å². The minimum absolute atomic E-state index is 0.122. The molecule has 0 radical (unpaired) electrons. The number of imide groups is 1. The molecule has 4 amide bonds. The fourth-order valence-electron chi connectivity index (χ4n) is 2.21. The van der Waals surface area contributed by atoms with Crippen molar-refractivity contribution in [1.82, 2.24) is 10.2 Å². The molecule has 1 saturated heterocycles. The summed E-state index contributed by atoms with van der Waals surface area (Å²) in [6, 6.07) is 2.19. The van der Waals surface area contributed by atoms with Crippen LogP contribution in [-0.4, -0.2) is 48.2 Å². The van der Waals surface area contributed by atoms with Crippen molar-refractivity contribution < 1.29 is 23.5 Å². The Bertz CT molecular complexity index is 720. The summed E-state index contributed by atoms with van der Waals surface area (Å²) in [5.74, 6) is -1.07. The number of anilines is 1. The lowest BCUT2D eigenvalue weighted by molar-refractivity contribution is -0.119. The molecule has 1 heterocycles. The number of urea groups is 1. The molecule has 0 saturated carbocycles. The van der Waals surface area contributed by atoms with Gasteiger partial charge < -0.3 is 15.0 Å². The summed E-state index contributed by atoms with van der Waals surface area (Å²) in [7, 11) is 1.47. The zero-order valence-corrected chi connectivity index (χ0v) is 15.1. The molecule has 0 aliphatic carbocycles. The number of ether oxygens (including phenoxy) is 1. The zero-order valence-electron chi connectivity index (χ0n) is 14.3. The van der Waals surface area contributed by atoms with Crippen LogP contribution in [0.2, 0.25) is 5.02 Å². The van der Waals surface area contributed by atoms with Crippen molar-refractivity contribution in [3.8, 4) is 0 Å². The number of carbonyl (C=O) groups is 3. The third-order valence-electron chi connectivity index (χ3n) is 3.44. The van der Waals surface area contributed by atoms with Crippen molar-refractivity contribution in [3.05, 3.63) is 29.0 Å². The van der Waals surface area contributed by atoms with Crippen molar-refractivity contribution in [3.63, 3.8) is 0 Å². The molecule has 136 valence electrons. The van der Waals surface area contributed by atoms with Gasteiger partial charge in [0, 0.05) is 12.7 Å². The molecule has 1 atom stereocenters. The molecule has 0 bridgehead atoms. The number of benzene rings is 1. The van der Waals surface area contributed by atoms with Crippen LogP contribution in [0.3, 0.4) is 0 Å². The van der Waals surface area contributed by atoms with E-state index in [0.717, 1.165) is 11.0 Å². The molecule has 7 nitrogen and oxygen atoms in total. The highest BCUT2D eigenvalue weighted by molar-refractivity contribution is 6.31. The second-order valence-corrected chi connectivity index (χ2v) is 7.00. The number of nitrogens with zero attached hydrogens (tertiary/aromatic N) is 2. The SMILES string of the molecule is CN(C(=O)[C@@H]1CN(C(=O)OC(C)(C)C)C(=O)N1)c1ccc(F)c(Cl)c1.